The van der Waals surface area contributed by atoms with Crippen molar-refractivity contribution in [3.05, 3.63) is 34.8 Å². The van der Waals surface area contributed by atoms with Gasteiger partial charge in [-0.25, -0.2) is 9.59 Å². The molecule has 0 amide bonds. The van der Waals surface area contributed by atoms with Gasteiger partial charge in [0.15, 0.2) is 5.58 Å². The van der Waals surface area contributed by atoms with Gasteiger partial charge in [-0.3, -0.25) is 4.57 Å². The van der Waals surface area contributed by atoms with Crippen LogP contribution in [0, 0.1) is 0 Å². The van der Waals surface area contributed by atoms with Crippen LogP contribution in [-0.2, 0) is 4.79 Å². The van der Waals surface area contributed by atoms with Crippen LogP contribution in [0.4, 0.5) is 0 Å². The van der Waals surface area contributed by atoms with Crippen LogP contribution in [0.1, 0.15) is 19.4 Å². The quantitative estimate of drug-likeness (QED) is 0.854. The van der Waals surface area contributed by atoms with Gasteiger partial charge in [-0.2, -0.15) is 0 Å². The van der Waals surface area contributed by atoms with E-state index in [0.717, 1.165) is 0 Å². The van der Waals surface area contributed by atoms with E-state index in [1.165, 1.54) is 4.57 Å². The van der Waals surface area contributed by atoms with Crippen LogP contribution in [0.15, 0.2) is 33.5 Å². The van der Waals surface area contributed by atoms with Crippen LogP contribution in [0.2, 0.25) is 0 Å². The summed E-state index contributed by atoms with van der Waals surface area (Å²) >= 11 is 0. The lowest BCUT2D eigenvalue weighted by atomic mass is 10.2. The highest BCUT2D eigenvalue weighted by Gasteiger charge is 2.22. The zero-order valence-electron chi connectivity index (χ0n) is 8.71. The molecule has 84 valence electrons. The van der Waals surface area contributed by atoms with Crippen molar-refractivity contribution in [2.45, 2.75) is 19.4 Å². The Labute approximate surface area is 90.9 Å². The Balaban J connectivity index is 2.71. The summed E-state index contributed by atoms with van der Waals surface area (Å²) in [7, 11) is 0. The smallest absolute Gasteiger partial charge is 0.420 e. The highest BCUT2D eigenvalue weighted by atomic mass is 16.4. The lowest BCUT2D eigenvalue weighted by molar-refractivity contribution is -0.141. The van der Waals surface area contributed by atoms with Gasteiger partial charge in [-0.15, -0.1) is 0 Å². The summed E-state index contributed by atoms with van der Waals surface area (Å²) in [5, 5.41) is 9.03. The number of nitrogens with zero attached hydrogens (tertiary/aromatic N) is 1. The van der Waals surface area contributed by atoms with E-state index < -0.39 is 17.8 Å². The number of rotatable bonds is 3. The number of benzene rings is 1. The monoisotopic (exact) mass is 221 g/mol. The standard InChI is InChI=1S/C11H11NO4/c1-2-7(10(13)14)12-8-5-3-4-6-9(8)16-11(12)15/h3-7H,2H2,1H3,(H,13,14). The topological polar surface area (TPSA) is 72.4 Å². The highest BCUT2D eigenvalue weighted by Crippen LogP contribution is 2.18. The van der Waals surface area contributed by atoms with E-state index in [0.29, 0.717) is 17.5 Å². The van der Waals surface area contributed by atoms with Gasteiger partial charge >= 0.3 is 11.7 Å². The number of carboxylic acid groups (broad SMARTS) is 1. The molecular weight excluding hydrogens is 210 g/mol. The first-order chi connectivity index (χ1) is 7.65. The molecule has 2 rings (SSSR count). The second-order valence-electron chi connectivity index (χ2n) is 3.47. The number of hydrogen-bond acceptors (Lipinski definition) is 3. The first-order valence-corrected chi connectivity index (χ1v) is 4.98. The minimum atomic E-state index is -1.03. The number of carboxylic acids is 1. The number of hydrogen-bond donors (Lipinski definition) is 1. The van der Waals surface area contributed by atoms with Gasteiger partial charge in [0.05, 0.1) is 5.52 Å². The van der Waals surface area contributed by atoms with E-state index in [-0.39, 0.29) is 0 Å². The molecule has 5 nitrogen and oxygen atoms in total. The molecule has 0 aliphatic heterocycles. The number of aliphatic carboxylic acids is 1. The maximum atomic E-state index is 11.6. The average molecular weight is 221 g/mol. The van der Waals surface area contributed by atoms with Crippen LogP contribution < -0.4 is 5.76 Å². The molecule has 0 saturated carbocycles. The fraction of sp³-hybridized carbons (Fsp3) is 0.273. The molecule has 1 aromatic carbocycles. The summed E-state index contributed by atoms with van der Waals surface area (Å²) in [6, 6.07) is 5.91. The number of fused-ring (bicyclic) bond motifs is 1. The summed E-state index contributed by atoms with van der Waals surface area (Å²) in [6.07, 6.45) is 0.332. The lowest BCUT2D eigenvalue weighted by Gasteiger charge is -2.09. The van der Waals surface area contributed by atoms with Gasteiger partial charge < -0.3 is 9.52 Å². The maximum Gasteiger partial charge on any atom is 0.420 e. The lowest BCUT2D eigenvalue weighted by Crippen LogP contribution is -2.26. The van der Waals surface area contributed by atoms with Gasteiger partial charge in [0, 0.05) is 0 Å². The predicted molar refractivity (Wildman–Crippen MR) is 57.4 cm³/mol. The zero-order valence-corrected chi connectivity index (χ0v) is 8.71. The minimum Gasteiger partial charge on any atom is -0.480 e. The molecule has 5 heteroatoms. The fourth-order valence-electron chi connectivity index (χ4n) is 1.75. The number of carbonyl (C=O) groups is 1. The second-order valence-corrected chi connectivity index (χ2v) is 3.47. The summed E-state index contributed by atoms with van der Waals surface area (Å²) in [6.45, 7) is 1.72. The molecule has 0 fully saturated rings. The number of para-hydroxylation sites is 2. The SMILES string of the molecule is CCC(C(=O)O)n1c(=O)oc2ccccc21. The Kier molecular flexibility index (Phi) is 2.52. The van der Waals surface area contributed by atoms with Gasteiger partial charge in [0.1, 0.15) is 6.04 Å². The molecular formula is C11H11NO4. The first-order valence-electron chi connectivity index (χ1n) is 4.98. The third-order valence-electron chi connectivity index (χ3n) is 2.50. The highest BCUT2D eigenvalue weighted by molar-refractivity contribution is 5.78. The van der Waals surface area contributed by atoms with Crippen molar-refractivity contribution in [3.8, 4) is 0 Å². The predicted octanol–water partition coefficient (Wildman–Crippen LogP) is 1.63. The van der Waals surface area contributed by atoms with E-state index in [2.05, 4.69) is 0 Å². The molecule has 0 aliphatic rings. The van der Waals surface area contributed by atoms with Crippen LogP contribution in [0.25, 0.3) is 11.1 Å². The Bertz CT molecular complexity index is 581. The molecule has 1 unspecified atom stereocenters. The second kappa shape index (κ2) is 3.84. The van der Waals surface area contributed by atoms with Crippen LogP contribution in [0.5, 0.6) is 0 Å². The van der Waals surface area contributed by atoms with Crippen LogP contribution in [0.3, 0.4) is 0 Å². The van der Waals surface area contributed by atoms with Crippen LogP contribution in [-0.4, -0.2) is 15.6 Å². The van der Waals surface area contributed by atoms with E-state index in [1.54, 1.807) is 31.2 Å². The molecule has 16 heavy (non-hydrogen) atoms. The van der Waals surface area contributed by atoms with Gasteiger partial charge in [-0.1, -0.05) is 19.1 Å². The van der Waals surface area contributed by atoms with E-state index in [1.807, 2.05) is 0 Å². The van der Waals surface area contributed by atoms with Crippen molar-refractivity contribution >= 4 is 17.1 Å². The Morgan fingerprint density at radius 1 is 1.50 bits per heavy atom. The van der Waals surface area contributed by atoms with Crippen molar-refractivity contribution < 1.29 is 14.3 Å². The minimum absolute atomic E-state index is 0.332. The van der Waals surface area contributed by atoms with Crippen LogP contribution >= 0.6 is 0 Å². The number of aromatic nitrogens is 1. The molecule has 2 aromatic rings. The van der Waals surface area contributed by atoms with Crippen molar-refractivity contribution in [1.29, 1.82) is 0 Å². The van der Waals surface area contributed by atoms with E-state index in [9.17, 15) is 9.59 Å². The number of oxazole rings is 1. The fourth-order valence-corrected chi connectivity index (χ4v) is 1.75. The molecule has 0 bridgehead atoms. The average Bonchev–Trinajstić information content (AvgIpc) is 2.57. The third kappa shape index (κ3) is 1.50. The van der Waals surface area contributed by atoms with Crippen molar-refractivity contribution in [2.24, 2.45) is 0 Å². The van der Waals surface area contributed by atoms with Crippen molar-refractivity contribution in [2.75, 3.05) is 0 Å². The normalized spacial score (nSPS) is 12.8. The Morgan fingerprint density at radius 3 is 2.81 bits per heavy atom. The molecule has 1 heterocycles. The van der Waals surface area contributed by atoms with Gasteiger partial charge in [0.2, 0.25) is 0 Å². The molecule has 0 aliphatic carbocycles. The largest absolute Gasteiger partial charge is 0.480 e. The summed E-state index contributed by atoms with van der Waals surface area (Å²) in [5.74, 6) is -1.66. The third-order valence-corrected chi connectivity index (χ3v) is 2.50. The Hall–Kier alpha value is -2.04. The summed E-state index contributed by atoms with van der Waals surface area (Å²) < 4.78 is 6.15. The molecule has 0 saturated heterocycles. The molecule has 1 aromatic heterocycles. The molecule has 1 N–H and O–H groups in total. The first kappa shape index (κ1) is 10.5. The zero-order chi connectivity index (χ0) is 11.7. The molecule has 0 spiro atoms. The van der Waals surface area contributed by atoms with Gasteiger partial charge in [0.25, 0.3) is 0 Å². The van der Waals surface area contributed by atoms with E-state index in [4.69, 9.17) is 9.52 Å². The molecule has 1 atom stereocenters. The van der Waals surface area contributed by atoms with Gasteiger partial charge in [-0.05, 0) is 18.6 Å². The Morgan fingerprint density at radius 2 is 2.19 bits per heavy atom. The van der Waals surface area contributed by atoms with Crippen molar-refractivity contribution in [3.63, 3.8) is 0 Å². The summed E-state index contributed by atoms with van der Waals surface area (Å²) in [5.41, 5.74) is 0.925. The molecule has 0 radical (unpaired) electrons. The van der Waals surface area contributed by atoms with E-state index >= 15 is 0 Å². The van der Waals surface area contributed by atoms with Crippen molar-refractivity contribution in [1.82, 2.24) is 4.57 Å². The summed E-state index contributed by atoms with van der Waals surface area (Å²) in [4.78, 5) is 22.6. The maximum absolute atomic E-state index is 11.6.